The van der Waals surface area contributed by atoms with Crippen molar-refractivity contribution in [1.82, 2.24) is 24.5 Å². The first-order valence-corrected chi connectivity index (χ1v) is 14.3. The molecular weight excluding hydrogens is 569 g/mol. The molecule has 21 nitrogen and oxygen atoms in total. The number of aryl methyl sites for hydroxylation is 1. The third-order valence-corrected chi connectivity index (χ3v) is 8.47. The molecule has 2 aromatic heterocycles. The molecule has 0 aliphatic carbocycles. The van der Waals surface area contributed by atoms with Gasteiger partial charge >= 0.3 is 29.2 Å². The number of rotatable bonds is 11. The molecule has 0 bridgehead atoms. The van der Waals surface area contributed by atoms with Crippen LogP contribution in [0.2, 0.25) is 0 Å². The Morgan fingerprint density at radius 2 is 1.92 bits per heavy atom. The molecule has 3 rings (SSSR count). The number of phosphoric ester groups is 1. The molecule has 0 saturated carbocycles. The van der Waals surface area contributed by atoms with Gasteiger partial charge in [0.15, 0.2) is 0 Å². The maximum Gasteiger partial charge on any atom is 0.490 e. The fourth-order valence-corrected chi connectivity index (χ4v) is 6.27. The van der Waals surface area contributed by atoms with Crippen LogP contribution in [0.4, 0.5) is 0 Å². The summed E-state index contributed by atoms with van der Waals surface area (Å²) in [7, 11) is -16.8. The van der Waals surface area contributed by atoms with Gasteiger partial charge in [-0.15, -0.1) is 5.10 Å². The van der Waals surface area contributed by atoms with Gasteiger partial charge < -0.3 is 24.3 Å². The van der Waals surface area contributed by atoms with Gasteiger partial charge in [0.2, 0.25) is 0 Å². The summed E-state index contributed by atoms with van der Waals surface area (Å²) in [5, 5.41) is 11.0. The summed E-state index contributed by atoms with van der Waals surface area (Å²) in [5.74, 6) is 0. The molecule has 0 radical (unpaired) electrons. The van der Waals surface area contributed by atoms with Crippen LogP contribution in [0.1, 0.15) is 29.9 Å². The average Bonchev–Trinajstić information content (AvgIpc) is 3.37. The van der Waals surface area contributed by atoms with E-state index in [1.807, 2.05) is 0 Å². The number of aromatic nitrogens is 5. The number of aromatic amines is 1. The quantitative estimate of drug-likeness (QED) is 0.101. The minimum absolute atomic E-state index is 0.0276. The monoisotopic (exact) mass is 588 g/mol. The molecular formula is C13H19N8O13P3. The van der Waals surface area contributed by atoms with Crippen molar-refractivity contribution in [2.75, 3.05) is 6.61 Å². The van der Waals surface area contributed by atoms with Crippen LogP contribution in [-0.2, 0) is 38.1 Å². The van der Waals surface area contributed by atoms with Crippen molar-refractivity contribution in [3.05, 3.63) is 54.9 Å². The molecule has 2 unspecified atom stereocenters. The van der Waals surface area contributed by atoms with Gasteiger partial charge in [0.1, 0.15) is 12.3 Å². The van der Waals surface area contributed by atoms with Crippen LogP contribution in [0, 0.1) is 6.92 Å². The molecule has 0 aromatic carbocycles. The zero-order valence-electron chi connectivity index (χ0n) is 18.4. The van der Waals surface area contributed by atoms with E-state index in [1.165, 1.54) is 24.0 Å². The molecule has 24 heteroatoms. The van der Waals surface area contributed by atoms with E-state index in [9.17, 15) is 33.1 Å². The lowest BCUT2D eigenvalue weighted by Crippen LogP contribution is -2.33. The Bertz CT molecular complexity index is 1460. The second-order valence-electron chi connectivity index (χ2n) is 7.38. The van der Waals surface area contributed by atoms with Gasteiger partial charge in [-0.1, -0.05) is 10.3 Å². The number of hydrogen-bond donors (Lipinski definition) is 5. The van der Waals surface area contributed by atoms with Gasteiger partial charge in [0, 0.05) is 29.3 Å². The first-order valence-electron chi connectivity index (χ1n) is 9.76. The number of azide groups is 1. The standard InChI is InChI=1S/C13H19N8O13P3/c1-7-4-20(13(23)16-12(7)22)11-2-9(21-5-8(17-19-21)3-15-18-14)10(32-11)6-31-36(27,28)34-37(29,30)33-35(24,25)26/h4-5,9-11H,2-3,6H2,1H3,(H,27,28)(H,29,30)(H,16,22,23)(H2,24,25,26)/t9-,10+,11+/m0/s1. The highest BCUT2D eigenvalue weighted by molar-refractivity contribution is 7.66. The van der Waals surface area contributed by atoms with Crippen LogP contribution in [0.5, 0.6) is 0 Å². The Labute approximate surface area is 204 Å². The molecule has 3 heterocycles. The summed E-state index contributed by atoms with van der Waals surface area (Å²) in [6.45, 7) is 0.444. The zero-order chi connectivity index (χ0) is 27.6. The van der Waals surface area contributed by atoms with Crippen molar-refractivity contribution in [2.45, 2.75) is 38.3 Å². The van der Waals surface area contributed by atoms with Crippen LogP contribution < -0.4 is 11.2 Å². The average molecular weight is 588 g/mol. The van der Waals surface area contributed by atoms with E-state index in [0.29, 0.717) is 0 Å². The van der Waals surface area contributed by atoms with Crippen LogP contribution in [0.15, 0.2) is 27.1 Å². The molecule has 1 saturated heterocycles. The highest BCUT2D eigenvalue weighted by atomic mass is 31.3. The normalized spacial score (nSPS) is 23.2. The number of nitrogens with one attached hydrogen (secondary N) is 1. The van der Waals surface area contributed by atoms with Gasteiger partial charge in [0.25, 0.3) is 5.56 Å². The van der Waals surface area contributed by atoms with Crippen LogP contribution in [0.3, 0.4) is 0 Å². The Balaban J connectivity index is 1.84. The SMILES string of the molecule is Cc1cn([C@H]2C[C@H](n3cc(CN=[N+]=[N-])nn3)[C@@H](COP(=O)(O)OP(=O)(O)OP(=O)(O)O)O2)c(=O)[nH]c1=O. The Hall–Kier alpha value is -2.50. The highest BCUT2D eigenvalue weighted by Crippen LogP contribution is 2.66. The summed E-state index contributed by atoms with van der Waals surface area (Å²) in [6.07, 6.45) is 0.293. The van der Waals surface area contributed by atoms with E-state index < -0.39 is 59.7 Å². The highest BCUT2D eigenvalue weighted by Gasteiger charge is 2.44. The van der Waals surface area contributed by atoms with Gasteiger partial charge in [-0.2, -0.15) is 8.62 Å². The fourth-order valence-electron chi connectivity index (χ4n) is 3.24. The molecule has 1 aliphatic rings. The fraction of sp³-hybridized carbons (Fsp3) is 0.538. The molecule has 204 valence electrons. The van der Waals surface area contributed by atoms with Gasteiger partial charge in [-0.3, -0.25) is 18.9 Å². The summed E-state index contributed by atoms with van der Waals surface area (Å²) < 4.78 is 54.5. The molecule has 5 atom stereocenters. The number of phosphoric acid groups is 3. The maximum atomic E-state index is 12.3. The third-order valence-electron chi connectivity index (χ3n) is 4.67. The summed E-state index contributed by atoms with van der Waals surface area (Å²) >= 11 is 0. The molecule has 37 heavy (non-hydrogen) atoms. The van der Waals surface area contributed by atoms with Crippen molar-refractivity contribution in [3.8, 4) is 0 Å². The molecule has 2 aromatic rings. The lowest BCUT2D eigenvalue weighted by atomic mass is 10.1. The van der Waals surface area contributed by atoms with E-state index >= 15 is 0 Å². The summed E-state index contributed by atoms with van der Waals surface area (Å²) in [4.78, 5) is 65.0. The van der Waals surface area contributed by atoms with E-state index in [2.05, 4.69) is 38.5 Å². The Morgan fingerprint density at radius 1 is 1.22 bits per heavy atom. The van der Waals surface area contributed by atoms with Crippen molar-refractivity contribution in [2.24, 2.45) is 5.11 Å². The lowest BCUT2D eigenvalue weighted by molar-refractivity contribution is -0.0318. The third kappa shape index (κ3) is 7.99. The largest absolute Gasteiger partial charge is 0.490 e. The molecule has 1 fully saturated rings. The van der Waals surface area contributed by atoms with Crippen molar-refractivity contribution < 1.29 is 51.2 Å². The summed E-state index contributed by atoms with van der Waals surface area (Å²) in [5.41, 5.74) is 7.43. The minimum Gasteiger partial charge on any atom is -0.350 e. The van der Waals surface area contributed by atoms with Gasteiger partial charge in [-0.25, -0.2) is 23.2 Å². The topological polar surface area (TPSA) is 303 Å². The number of H-pyrrole nitrogens is 1. The predicted octanol–water partition coefficient (Wildman–Crippen LogP) is 0.119. The van der Waals surface area contributed by atoms with E-state index in [1.54, 1.807) is 0 Å². The molecule has 1 aliphatic heterocycles. The van der Waals surface area contributed by atoms with Crippen LogP contribution in [0.25, 0.3) is 10.4 Å². The van der Waals surface area contributed by atoms with Crippen molar-refractivity contribution in [3.63, 3.8) is 0 Å². The second-order valence-corrected chi connectivity index (χ2v) is 11.8. The van der Waals surface area contributed by atoms with E-state index in [4.69, 9.17) is 20.1 Å². The smallest absolute Gasteiger partial charge is 0.350 e. The first-order chi connectivity index (χ1) is 17.1. The molecule has 5 N–H and O–H groups in total. The maximum absolute atomic E-state index is 12.3. The number of hydrogen-bond acceptors (Lipinski definition) is 12. The van der Waals surface area contributed by atoms with Crippen molar-refractivity contribution in [1.29, 1.82) is 0 Å². The number of nitrogens with zero attached hydrogens (tertiary/aromatic N) is 7. The second kappa shape index (κ2) is 11.1. The summed E-state index contributed by atoms with van der Waals surface area (Å²) in [6, 6.07) is -0.858. The van der Waals surface area contributed by atoms with Gasteiger partial charge in [-0.05, 0) is 12.5 Å². The zero-order valence-corrected chi connectivity index (χ0v) is 21.1. The molecule has 0 amide bonds. The first kappa shape index (κ1) is 29.1. The Kier molecular flexibility index (Phi) is 8.71. The Morgan fingerprint density at radius 3 is 2.57 bits per heavy atom. The van der Waals surface area contributed by atoms with Crippen LogP contribution >= 0.6 is 23.5 Å². The van der Waals surface area contributed by atoms with Crippen LogP contribution in [-0.4, -0.2) is 56.8 Å². The van der Waals surface area contributed by atoms with Gasteiger partial charge in [0.05, 0.1) is 24.9 Å². The van der Waals surface area contributed by atoms with E-state index in [-0.39, 0.29) is 24.2 Å². The number of ether oxygens (including phenoxy) is 1. The van der Waals surface area contributed by atoms with Crippen molar-refractivity contribution >= 4 is 23.5 Å². The predicted molar refractivity (Wildman–Crippen MR) is 116 cm³/mol. The molecule has 0 spiro atoms. The minimum atomic E-state index is -5.74. The van der Waals surface area contributed by atoms with E-state index in [0.717, 1.165) is 4.57 Å². The lowest BCUT2D eigenvalue weighted by Gasteiger charge is -2.21.